The maximum atomic E-state index is 13.0. The summed E-state index contributed by atoms with van der Waals surface area (Å²) in [6.45, 7) is 7.16. The molecule has 0 saturated carbocycles. The van der Waals surface area contributed by atoms with Crippen LogP contribution in [0.3, 0.4) is 0 Å². The van der Waals surface area contributed by atoms with Gasteiger partial charge in [-0.1, -0.05) is 20.8 Å². The first-order valence-electron chi connectivity index (χ1n) is 7.11. The number of thiophene rings is 1. The van der Waals surface area contributed by atoms with Gasteiger partial charge in [-0.25, -0.2) is 4.39 Å². The van der Waals surface area contributed by atoms with Crippen molar-refractivity contribution in [3.63, 3.8) is 0 Å². The van der Waals surface area contributed by atoms with Crippen molar-refractivity contribution >= 4 is 17.0 Å². The van der Waals surface area contributed by atoms with Gasteiger partial charge in [-0.2, -0.15) is 0 Å². The Kier molecular flexibility index (Phi) is 4.69. The summed E-state index contributed by atoms with van der Waals surface area (Å²) in [6, 6.07) is 11.0. The predicted octanol–water partition coefficient (Wildman–Crippen LogP) is 4.32. The number of hydrogen-bond donors (Lipinski definition) is 1. The highest BCUT2D eigenvalue weighted by molar-refractivity contribution is 7.12. The van der Waals surface area contributed by atoms with Crippen LogP contribution in [0.15, 0.2) is 36.4 Å². The van der Waals surface area contributed by atoms with Gasteiger partial charge in [0.2, 0.25) is 0 Å². The second kappa shape index (κ2) is 6.16. The topological polar surface area (TPSA) is 29.3 Å². The van der Waals surface area contributed by atoms with Gasteiger partial charge >= 0.3 is 0 Å². The molecule has 0 amide bonds. The minimum Gasteiger partial charge on any atom is -0.365 e. The van der Waals surface area contributed by atoms with Gasteiger partial charge in [0, 0.05) is 29.0 Å². The van der Waals surface area contributed by atoms with E-state index in [1.54, 1.807) is 23.5 Å². The van der Waals surface area contributed by atoms with Crippen molar-refractivity contribution < 1.29 is 4.39 Å². The SMILES string of the molecule is CN(c1ccc(F)cc1)C(CN)c1ccc(C(C)(C)C)s1. The monoisotopic (exact) mass is 306 g/mol. The molecule has 0 saturated heterocycles. The lowest BCUT2D eigenvalue weighted by Crippen LogP contribution is -2.29. The second-order valence-corrected chi connectivity index (χ2v) is 7.41. The fourth-order valence-electron chi connectivity index (χ4n) is 2.26. The van der Waals surface area contributed by atoms with Crippen molar-refractivity contribution in [1.82, 2.24) is 0 Å². The Balaban J connectivity index is 2.26. The molecule has 0 aliphatic carbocycles. The van der Waals surface area contributed by atoms with Gasteiger partial charge in [0.05, 0.1) is 6.04 Å². The van der Waals surface area contributed by atoms with Crippen molar-refractivity contribution in [2.24, 2.45) is 5.73 Å². The number of hydrogen-bond acceptors (Lipinski definition) is 3. The van der Waals surface area contributed by atoms with E-state index in [0.29, 0.717) is 6.54 Å². The van der Waals surface area contributed by atoms with E-state index in [-0.39, 0.29) is 17.3 Å². The minimum atomic E-state index is -0.220. The van der Waals surface area contributed by atoms with Crippen LogP contribution in [-0.4, -0.2) is 13.6 Å². The quantitative estimate of drug-likeness (QED) is 0.911. The van der Waals surface area contributed by atoms with Crippen LogP contribution in [-0.2, 0) is 5.41 Å². The molecule has 1 aromatic carbocycles. The average Bonchev–Trinajstić information content (AvgIpc) is 2.90. The average molecular weight is 306 g/mol. The minimum absolute atomic E-state index is 0.108. The Labute approximate surface area is 130 Å². The van der Waals surface area contributed by atoms with Gasteiger partial charge in [-0.05, 0) is 41.8 Å². The van der Waals surface area contributed by atoms with Crippen LogP contribution in [0.5, 0.6) is 0 Å². The summed E-state index contributed by atoms with van der Waals surface area (Å²) in [5.41, 5.74) is 7.10. The second-order valence-electron chi connectivity index (χ2n) is 6.29. The number of likely N-dealkylation sites (N-methyl/N-ethyl adjacent to an activating group) is 1. The van der Waals surface area contributed by atoms with E-state index in [0.717, 1.165) is 5.69 Å². The van der Waals surface area contributed by atoms with Crippen LogP contribution >= 0.6 is 11.3 Å². The Morgan fingerprint density at radius 3 is 2.24 bits per heavy atom. The molecule has 1 heterocycles. The van der Waals surface area contributed by atoms with E-state index in [1.165, 1.54) is 21.9 Å². The van der Waals surface area contributed by atoms with Gasteiger partial charge in [0.1, 0.15) is 5.82 Å². The molecule has 21 heavy (non-hydrogen) atoms. The molecule has 2 nitrogen and oxygen atoms in total. The van der Waals surface area contributed by atoms with E-state index in [2.05, 4.69) is 37.8 Å². The molecule has 0 aliphatic heterocycles. The van der Waals surface area contributed by atoms with Gasteiger partial charge < -0.3 is 10.6 Å². The molecule has 0 radical (unpaired) electrons. The van der Waals surface area contributed by atoms with Crippen LogP contribution in [0, 0.1) is 5.82 Å². The van der Waals surface area contributed by atoms with Gasteiger partial charge in [-0.3, -0.25) is 0 Å². The summed E-state index contributed by atoms with van der Waals surface area (Å²) >= 11 is 1.80. The van der Waals surface area contributed by atoms with Crippen LogP contribution in [0.1, 0.15) is 36.6 Å². The number of nitrogens with two attached hydrogens (primary N) is 1. The first-order valence-corrected chi connectivity index (χ1v) is 7.93. The lowest BCUT2D eigenvalue weighted by molar-refractivity contribution is 0.604. The molecule has 1 aromatic heterocycles. The molecular weight excluding hydrogens is 283 g/mol. The van der Waals surface area contributed by atoms with E-state index < -0.39 is 0 Å². The molecular formula is C17H23FN2S. The van der Waals surface area contributed by atoms with Crippen molar-refractivity contribution in [1.29, 1.82) is 0 Å². The highest BCUT2D eigenvalue weighted by Crippen LogP contribution is 2.35. The Morgan fingerprint density at radius 2 is 1.76 bits per heavy atom. The highest BCUT2D eigenvalue weighted by atomic mass is 32.1. The zero-order valence-electron chi connectivity index (χ0n) is 13.1. The number of rotatable bonds is 4. The van der Waals surface area contributed by atoms with Crippen molar-refractivity contribution in [3.05, 3.63) is 52.0 Å². The van der Waals surface area contributed by atoms with E-state index in [9.17, 15) is 4.39 Å². The van der Waals surface area contributed by atoms with Crippen molar-refractivity contribution in [2.75, 3.05) is 18.5 Å². The summed E-state index contributed by atoms with van der Waals surface area (Å²) in [5.74, 6) is -0.220. The summed E-state index contributed by atoms with van der Waals surface area (Å²) in [4.78, 5) is 4.70. The van der Waals surface area contributed by atoms with Crippen LogP contribution in [0.25, 0.3) is 0 Å². The molecule has 2 N–H and O–H groups in total. The molecule has 2 aromatic rings. The fourth-order valence-corrected chi connectivity index (χ4v) is 3.48. The number of anilines is 1. The maximum Gasteiger partial charge on any atom is 0.123 e. The van der Waals surface area contributed by atoms with E-state index >= 15 is 0 Å². The third-order valence-corrected chi connectivity index (χ3v) is 5.23. The lowest BCUT2D eigenvalue weighted by Gasteiger charge is -2.28. The first kappa shape index (κ1) is 16.0. The largest absolute Gasteiger partial charge is 0.365 e. The molecule has 0 spiro atoms. The summed E-state index contributed by atoms with van der Waals surface area (Å²) in [7, 11) is 2.00. The van der Waals surface area contributed by atoms with Crippen molar-refractivity contribution in [2.45, 2.75) is 32.2 Å². The summed E-state index contributed by atoms with van der Waals surface area (Å²) in [6.07, 6.45) is 0. The third-order valence-electron chi connectivity index (χ3n) is 3.62. The van der Waals surface area contributed by atoms with E-state index in [4.69, 9.17) is 5.73 Å². The van der Waals surface area contributed by atoms with Gasteiger partial charge in [0.25, 0.3) is 0 Å². The third kappa shape index (κ3) is 3.63. The molecule has 4 heteroatoms. The van der Waals surface area contributed by atoms with Crippen LogP contribution in [0.4, 0.5) is 10.1 Å². The summed E-state index contributed by atoms with van der Waals surface area (Å²) < 4.78 is 13.0. The molecule has 1 unspecified atom stereocenters. The Hall–Kier alpha value is -1.39. The molecule has 2 rings (SSSR count). The lowest BCUT2D eigenvalue weighted by atomic mass is 9.95. The Morgan fingerprint density at radius 1 is 1.14 bits per heavy atom. The highest BCUT2D eigenvalue weighted by Gasteiger charge is 2.22. The maximum absolute atomic E-state index is 13.0. The first-order chi connectivity index (χ1) is 9.82. The normalized spacial score (nSPS) is 13.2. The van der Waals surface area contributed by atoms with Gasteiger partial charge in [-0.15, -0.1) is 11.3 Å². The molecule has 0 fully saturated rings. The zero-order valence-corrected chi connectivity index (χ0v) is 13.9. The van der Waals surface area contributed by atoms with E-state index in [1.807, 2.05) is 7.05 Å². The number of halogens is 1. The Bertz CT molecular complexity index is 584. The molecule has 0 aliphatic rings. The number of nitrogens with zero attached hydrogens (tertiary/aromatic N) is 1. The number of benzene rings is 1. The standard InChI is InChI=1S/C17H23FN2S/c1-17(2,3)16-10-9-15(21-16)14(11-19)20(4)13-7-5-12(18)6-8-13/h5-10,14H,11,19H2,1-4H3. The predicted molar refractivity (Wildman–Crippen MR) is 89.6 cm³/mol. The fraction of sp³-hybridized carbons (Fsp3) is 0.412. The van der Waals surface area contributed by atoms with Crippen LogP contribution < -0.4 is 10.6 Å². The smallest absolute Gasteiger partial charge is 0.123 e. The zero-order chi connectivity index (χ0) is 15.6. The molecule has 114 valence electrons. The molecule has 0 bridgehead atoms. The van der Waals surface area contributed by atoms with Gasteiger partial charge in [0.15, 0.2) is 0 Å². The van der Waals surface area contributed by atoms with Crippen LogP contribution in [0.2, 0.25) is 0 Å². The summed E-state index contributed by atoms with van der Waals surface area (Å²) in [5, 5.41) is 0. The van der Waals surface area contributed by atoms with Crippen molar-refractivity contribution in [3.8, 4) is 0 Å². The molecule has 1 atom stereocenters.